The summed E-state index contributed by atoms with van der Waals surface area (Å²) in [6.45, 7) is 2.55. The van der Waals surface area contributed by atoms with Crippen LogP contribution < -0.4 is 10.9 Å². The fourth-order valence-electron chi connectivity index (χ4n) is 2.08. The van der Waals surface area contributed by atoms with E-state index in [0.29, 0.717) is 24.2 Å². The zero-order valence-electron chi connectivity index (χ0n) is 12.5. The summed E-state index contributed by atoms with van der Waals surface area (Å²) < 4.78 is 6.35. The standard InChI is InChI=1S/C15H18ClN3O3/c1-10(16)14(20)17-9-13-11-5-3-4-6-12(11)15(21)19(18-13)7-8-22-2/h3-6,10H,7-9H2,1-2H3,(H,17,20). The Morgan fingerprint density at radius 2 is 2.09 bits per heavy atom. The molecule has 1 atom stereocenters. The van der Waals surface area contributed by atoms with Crippen molar-refractivity contribution in [3.63, 3.8) is 0 Å². The number of carbonyl (C=O) groups is 1. The van der Waals surface area contributed by atoms with E-state index >= 15 is 0 Å². The summed E-state index contributed by atoms with van der Waals surface area (Å²) in [5.41, 5.74) is 0.449. The highest BCUT2D eigenvalue weighted by atomic mass is 35.5. The zero-order chi connectivity index (χ0) is 16.1. The monoisotopic (exact) mass is 323 g/mol. The first-order valence-corrected chi connectivity index (χ1v) is 7.37. The number of amides is 1. The average Bonchev–Trinajstić information content (AvgIpc) is 2.53. The number of alkyl halides is 1. The number of nitrogens with zero attached hydrogens (tertiary/aromatic N) is 2. The molecule has 1 aromatic heterocycles. The van der Waals surface area contributed by atoms with E-state index < -0.39 is 5.38 Å². The molecule has 0 saturated heterocycles. The van der Waals surface area contributed by atoms with Gasteiger partial charge in [-0.2, -0.15) is 5.10 Å². The van der Waals surface area contributed by atoms with E-state index in [0.717, 1.165) is 5.39 Å². The average molecular weight is 324 g/mol. The number of carbonyl (C=O) groups excluding carboxylic acids is 1. The summed E-state index contributed by atoms with van der Waals surface area (Å²) in [6.07, 6.45) is 0. The van der Waals surface area contributed by atoms with Crippen molar-refractivity contribution in [2.24, 2.45) is 0 Å². The second kappa shape index (κ2) is 7.38. The third-order valence-corrected chi connectivity index (χ3v) is 3.44. The van der Waals surface area contributed by atoms with Crippen LogP contribution in [-0.4, -0.2) is 34.8 Å². The Labute approximate surface area is 133 Å². The molecular weight excluding hydrogens is 306 g/mol. The summed E-state index contributed by atoms with van der Waals surface area (Å²) in [6, 6.07) is 7.19. The van der Waals surface area contributed by atoms with Gasteiger partial charge in [0.05, 0.1) is 30.8 Å². The number of aromatic nitrogens is 2. The highest BCUT2D eigenvalue weighted by Gasteiger charge is 2.13. The summed E-state index contributed by atoms with van der Waals surface area (Å²) in [7, 11) is 1.56. The van der Waals surface area contributed by atoms with Gasteiger partial charge in [0.1, 0.15) is 5.38 Å². The third-order valence-electron chi connectivity index (χ3n) is 3.24. The van der Waals surface area contributed by atoms with Crippen molar-refractivity contribution in [3.05, 3.63) is 40.3 Å². The first-order valence-electron chi connectivity index (χ1n) is 6.94. The molecule has 22 heavy (non-hydrogen) atoms. The minimum absolute atomic E-state index is 0.173. The molecule has 0 radical (unpaired) electrons. The lowest BCUT2D eigenvalue weighted by Gasteiger charge is -2.12. The number of ether oxygens (including phenoxy) is 1. The lowest BCUT2D eigenvalue weighted by Crippen LogP contribution is -2.32. The lowest BCUT2D eigenvalue weighted by atomic mass is 10.1. The van der Waals surface area contributed by atoms with Crippen molar-refractivity contribution in [2.75, 3.05) is 13.7 Å². The van der Waals surface area contributed by atoms with Crippen LogP contribution in [0.5, 0.6) is 0 Å². The zero-order valence-corrected chi connectivity index (χ0v) is 13.3. The van der Waals surface area contributed by atoms with E-state index in [1.165, 1.54) is 4.68 Å². The number of nitrogens with one attached hydrogen (secondary N) is 1. The minimum atomic E-state index is -0.620. The normalized spacial score (nSPS) is 12.3. The second-order valence-electron chi connectivity index (χ2n) is 4.85. The number of rotatable bonds is 6. The van der Waals surface area contributed by atoms with Crippen molar-refractivity contribution in [1.82, 2.24) is 15.1 Å². The molecule has 0 aliphatic carbocycles. The Kier molecular flexibility index (Phi) is 5.51. The summed E-state index contributed by atoms with van der Waals surface area (Å²) in [4.78, 5) is 24.0. The first-order chi connectivity index (χ1) is 10.5. The van der Waals surface area contributed by atoms with Crippen molar-refractivity contribution >= 4 is 28.3 Å². The Balaban J connectivity index is 2.40. The van der Waals surface area contributed by atoms with E-state index in [1.54, 1.807) is 26.2 Å². The fourth-order valence-corrected chi connectivity index (χ4v) is 2.15. The van der Waals surface area contributed by atoms with Crippen LogP contribution >= 0.6 is 11.6 Å². The van der Waals surface area contributed by atoms with Gasteiger partial charge in [0.2, 0.25) is 5.91 Å². The smallest absolute Gasteiger partial charge is 0.274 e. The van der Waals surface area contributed by atoms with Crippen LogP contribution in [0.15, 0.2) is 29.1 Å². The Hall–Kier alpha value is -1.92. The third kappa shape index (κ3) is 3.64. The first kappa shape index (κ1) is 16.5. The van der Waals surface area contributed by atoms with Gasteiger partial charge in [-0.15, -0.1) is 11.6 Å². The van der Waals surface area contributed by atoms with E-state index in [-0.39, 0.29) is 18.0 Å². The molecule has 1 N–H and O–H groups in total. The van der Waals surface area contributed by atoms with Gasteiger partial charge in [0.15, 0.2) is 0 Å². The van der Waals surface area contributed by atoms with Crippen molar-refractivity contribution in [1.29, 1.82) is 0 Å². The van der Waals surface area contributed by atoms with E-state index in [4.69, 9.17) is 16.3 Å². The molecule has 7 heteroatoms. The highest BCUT2D eigenvalue weighted by Crippen LogP contribution is 2.13. The van der Waals surface area contributed by atoms with Crippen LogP contribution in [0.4, 0.5) is 0 Å². The summed E-state index contributed by atoms with van der Waals surface area (Å²) in [5.74, 6) is -0.276. The SMILES string of the molecule is COCCn1nc(CNC(=O)C(C)Cl)c2ccccc2c1=O. The number of fused-ring (bicyclic) bond motifs is 1. The molecule has 2 rings (SSSR count). The van der Waals surface area contributed by atoms with E-state index in [2.05, 4.69) is 10.4 Å². The number of hydrogen-bond acceptors (Lipinski definition) is 4. The molecule has 118 valence electrons. The molecule has 0 bridgehead atoms. The Morgan fingerprint density at radius 1 is 1.41 bits per heavy atom. The molecule has 0 aliphatic heterocycles. The number of halogens is 1. The van der Waals surface area contributed by atoms with E-state index in [9.17, 15) is 9.59 Å². The van der Waals surface area contributed by atoms with E-state index in [1.807, 2.05) is 12.1 Å². The molecule has 0 fully saturated rings. The maximum absolute atomic E-state index is 12.4. The summed E-state index contributed by atoms with van der Waals surface area (Å²) in [5, 5.41) is 7.72. The Morgan fingerprint density at radius 3 is 2.73 bits per heavy atom. The number of benzene rings is 1. The van der Waals surface area contributed by atoms with Gasteiger partial charge < -0.3 is 10.1 Å². The molecule has 1 heterocycles. The molecule has 0 saturated carbocycles. The van der Waals surface area contributed by atoms with Crippen LogP contribution in [0.25, 0.3) is 10.8 Å². The Bertz CT molecular complexity index is 728. The van der Waals surface area contributed by atoms with Gasteiger partial charge >= 0.3 is 0 Å². The molecular formula is C15H18ClN3O3. The number of methoxy groups -OCH3 is 1. The van der Waals surface area contributed by atoms with Gasteiger partial charge in [0, 0.05) is 12.5 Å². The van der Waals surface area contributed by atoms with Gasteiger partial charge in [-0.05, 0) is 13.0 Å². The fraction of sp³-hybridized carbons (Fsp3) is 0.400. The van der Waals surface area contributed by atoms with Crippen molar-refractivity contribution in [3.8, 4) is 0 Å². The van der Waals surface area contributed by atoms with Crippen molar-refractivity contribution < 1.29 is 9.53 Å². The second-order valence-corrected chi connectivity index (χ2v) is 5.50. The summed E-state index contributed by atoms with van der Waals surface area (Å²) >= 11 is 5.73. The largest absolute Gasteiger partial charge is 0.383 e. The van der Waals surface area contributed by atoms with Gasteiger partial charge in [-0.25, -0.2) is 4.68 Å². The molecule has 1 unspecified atom stereocenters. The van der Waals surface area contributed by atoms with Gasteiger partial charge in [-0.3, -0.25) is 9.59 Å². The van der Waals surface area contributed by atoms with Crippen LogP contribution in [0.1, 0.15) is 12.6 Å². The predicted molar refractivity (Wildman–Crippen MR) is 85.0 cm³/mol. The van der Waals surface area contributed by atoms with Crippen LogP contribution in [0.2, 0.25) is 0 Å². The minimum Gasteiger partial charge on any atom is -0.383 e. The topological polar surface area (TPSA) is 73.2 Å². The molecule has 6 nitrogen and oxygen atoms in total. The maximum atomic E-state index is 12.4. The van der Waals surface area contributed by atoms with Crippen molar-refractivity contribution in [2.45, 2.75) is 25.4 Å². The van der Waals surface area contributed by atoms with Crippen LogP contribution in [0, 0.1) is 0 Å². The van der Waals surface area contributed by atoms with Gasteiger partial charge in [-0.1, -0.05) is 18.2 Å². The van der Waals surface area contributed by atoms with Gasteiger partial charge in [0.25, 0.3) is 5.56 Å². The number of hydrogen-bond donors (Lipinski definition) is 1. The molecule has 1 amide bonds. The van der Waals surface area contributed by atoms with Crippen LogP contribution in [-0.2, 0) is 22.6 Å². The molecule has 1 aromatic carbocycles. The maximum Gasteiger partial charge on any atom is 0.274 e. The quantitative estimate of drug-likeness (QED) is 0.813. The predicted octanol–water partition coefficient (Wildman–Crippen LogP) is 1.29. The van der Waals surface area contributed by atoms with Crippen LogP contribution in [0.3, 0.4) is 0 Å². The highest BCUT2D eigenvalue weighted by molar-refractivity contribution is 6.30. The molecule has 0 spiro atoms. The molecule has 2 aromatic rings. The lowest BCUT2D eigenvalue weighted by molar-refractivity contribution is -0.120. The molecule has 0 aliphatic rings.